The Morgan fingerprint density at radius 1 is 1.03 bits per heavy atom. The standard InChI is InChI=1S/C24H30N2O4/c1-28-22-8-7-19(17-23(22)29-2)24(27)26-14-12-25(13-15-26)11-9-18-10-16-30-21-6-4-3-5-20(18)21/h3-8,17-18H,9-16H2,1-2H3. The summed E-state index contributed by atoms with van der Waals surface area (Å²) in [5.74, 6) is 2.86. The smallest absolute Gasteiger partial charge is 0.254 e. The van der Waals surface area contributed by atoms with Crippen molar-refractivity contribution in [2.24, 2.45) is 0 Å². The van der Waals surface area contributed by atoms with Crippen LogP contribution in [0.5, 0.6) is 17.2 Å². The minimum absolute atomic E-state index is 0.0500. The molecule has 0 radical (unpaired) electrons. The topological polar surface area (TPSA) is 51.2 Å². The first-order valence-electron chi connectivity index (χ1n) is 10.6. The first kappa shape index (κ1) is 20.5. The van der Waals surface area contributed by atoms with Gasteiger partial charge in [-0.3, -0.25) is 9.69 Å². The van der Waals surface area contributed by atoms with Crippen LogP contribution in [0, 0.1) is 0 Å². The van der Waals surface area contributed by atoms with Crippen LogP contribution in [0.3, 0.4) is 0 Å². The summed E-state index contributed by atoms with van der Waals surface area (Å²) in [6.07, 6.45) is 2.21. The molecule has 6 nitrogen and oxygen atoms in total. The highest BCUT2D eigenvalue weighted by Gasteiger charge is 2.25. The number of carbonyl (C=O) groups excluding carboxylic acids is 1. The van der Waals surface area contributed by atoms with Crippen molar-refractivity contribution in [1.82, 2.24) is 9.80 Å². The molecular weight excluding hydrogens is 380 g/mol. The van der Waals surface area contributed by atoms with E-state index in [2.05, 4.69) is 23.1 Å². The van der Waals surface area contributed by atoms with Crippen LogP contribution in [-0.2, 0) is 0 Å². The molecule has 0 spiro atoms. The fourth-order valence-corrected chi connectivity index (χ4v) is 4.38. The van der Waals surface area contributed by atoms with E-state index in [4.69, 9.17) is 14.2 Å². The first-order valence-corrected chi connectivity index (χ1v) is 10.6. The van der Waals surface area contributed by atoms with E-state index in [1.165, 1.54) is 5.56 Å². The van der Waals surface area contributed by atoms with Crippen molar-refractivity contribution in [1.29, 1.82) is 0 Å². The van der Waals surface area contributed by atoms with Gasteiger partial charge in [-0.2, -0.15) is 0 Å². The number of piperazine rings is 1. The van der Waals surface area contributed by atoms with Crippen LogP contribution in [-0.4, -0.2) is 69.3 Å². The lowest BCUT2D eigenvalue weighted by Gasteiger charge is -2.36. The molecule has 2 aliphatic rings. The molecule has 160 valence electrons. The molecule has 6 heteroatoms. The van der Waals surface area contributed by atoms with Crippen LogP contribution in [0.2, 0.25) is 0 Å². The SMILES string of the molecule is COc1ccc(C(=O)N2CCN(CCC3CCOc4ccccc43)CC2)cc1OC. The van der Waals surface area contributed by atoms with Crippen LogP contribution in [0.4, 0.5) is 0 Å². The van der Waals surface area contributed by atoms with E-state index < -0.39 is 0 Å². The van der Waals surface area contributed by atoms with Crippen molar-refractivity contribution in [3.63, 3.8) is 0 Å². The second-order valence-corrected chi connectivity index (χ2v) is 7.86. The molecule has 2 heterocycles. The Morgan fingerprint density at radius 3 is 2.57 bits per heavy atom. The van der Waals surface area contributed by atoms with E-state index in [9.17, 15) is 4.79 Å². The predicted molar refractivity (Wildman–Crippen MR) is 116 cm³/mol. The minimum atomic E-state index is 0.0500. The Morgan fingerprint density at radius 2 is 1.80 bits per heavy atom. The molecule has 1 amide bonds. The molecule has 0 aliphatic carbocycles. The van der Waals surface area contributed by atoms with Gasteiger partial charge in [-0.15, -0.1) is 0 Å². The number of nitrogens with zero attached hydrogens (tertiary/aromatic N) is 2. The van der Waals surface area contributed by atoms with Crippen molar-refractivity contribution in [3.05, 3.63) is 53.6 Å². The molecule has 1 atom stereocenters. The first-order chi connectivity index (χ1) is 14.7. The highest BCUT2D eigenvalue weighted by Crippen LogP contribution is 2.35. The van der Waals surface area contributed by atoms with Gasteiger partial charge in [0.25, 0.3) is 5.91 Å². The van der Waals surface area contributed by atoms with Gasteiger partial charge < -0.3 is 19.1 Å². The molecule has 4 rings (SSSR count). The Kier molecular flexibility index (Phi) is 6.43. The zero-order valence-corrected chi connectivity index (χ0v) is 17.8. The van der Waals surface area contributed by atoms with Crippen LogP contribution >= 0.6 is 0 Å². The number of carbonyl (C=O) groups is 1. The second kappa shape index (κ2) is 9.39. The zero-order chi connectivity index (χ0) is 20.9. The normalized spacial score (nSPS) is 19.0. The van der Waals surface area contributed by atoms with Crippen molar-refractivity contribution in [2.75, 3.05) is 53.6 Å². The number of fused-ring (bicyclic) bond motifs is 1. The van der Waals surface area contributed by atoms with Crippen LogP contribution in [0.25, 0.3) is 0 Å². The summed E-state index contributed by atoms with van der Waals surface area (Å²) >= 11 is 0. The number of benzene rings is 2. The summed E-state index contributed by atoms with van der Waals surface area (Å²) in [6.45, 7) is 5.16. The molecule has 1 saturated heterocycles. The average molecular weight is 411 g/mol. The van der Waals surface area contributed by atoms with Crippen LogP contribution in [0.1, 0.15) is 34.7 Å². The molecule has 2 aliphatic heterocycles. The van der Waals surface area contributed by atoms with E-state index >= 15 is 0 Å². The van der Waals surface area contributed by atoms with Gasteiger partial charge in [0.2, 0.25) is 0 Å². The summed E-state index contributed by atoms with van der Waals surface area (Å²) < 4.78 is 16.4. The molecule has 0 bridgehead atoms. The number of methoxy groups -OCH3 is 2. The van der Waals surface area contributed by atoms with E-state index in [0.29, 0.717) is 23.0 Å². The Balaban J connectivity index is 1.30. The third-order valence-electron chi connectivity index (χ3n) is 6.17. The lowest BCUT2D eigenvalue weighted by molar-refractivity contribution is 0.0631. The number of para-hydroxylation sites is 1. The molecule has 2 aromatic rings. The van der Waals surface area contributed by atoms with Gasteiger partial charge in [-0.1, -0.05) is 18.2 Å². The van der Waals surface area contributed by atoms with Crippen molar-refractivity contribution < 1.29 is 19.0 Å². The van der Waals surface area contributed by atoms with E-state index in [0.717, 1.165) is 57.9 Å². The van der Waals surface area contributed by atoms with Gasteiger partial charge in [0.15, 0.2) is 11.5 Å². The van der Waals surface area contributed by atoms with Crippen LogP contribution < -0.4 is 14.2 Å². The maximum absolute atomic E-state index is 12.9. The molecule has 2 aromatic carbocycles. The van der Waals surface area contributed by atoms with E-state index in [1.807, 2.05) is 11.0 Å². The molecule has 0 aromatic heterocycles. The molecular formula is C24H30N2O4. The van der Waals surface area contributed by atoms with Crippen molar-refractivity contribution in [3.8, 4) is 17.2 Å². The number of hydrogen-bond acceptors (Lipinski definition) is 5. The van der Waals surface area contributed by atoms with Gasteiger partial charge in [0.1, 0.15) is 5.75 Å². The van der Waals surface area contributed by atoms with Gasteiger partial charge in [0.05, 0.1) is 20.8 Å². The fraction of sp³-hybridized carbons (Fsp3) is 0.458. The minimum Gasteiger partial charge on any atom is -0.493 e. The summed E-state index contributed by atoms with van der Waals surface area (Å²) in [5.41, 5.74) is 1.98. The molecule has 1 fully saturated rings. The Hall–Kier alpha value is -2.73. The quantitative estimate of drug-likeness (QED) is 0.730. The second-order valence-electron chi connectivity index (χ2n) is 7.86. The Labute approximate surface area is 178 Å². The molecule has 0 N–H and O–H groups in total. The maximum Gasteiger partial charge on any atom is 0.254 e. The van der Waals surface area contributed by atoms with Crippen molar-refractivity contribution >= 4 is 5.91 Å². The average Bonchev–Trinajstić information content (AvgIpc) is 2.82. The van der Waals surface area contributed by atoms with Crippen molar-refractivity contribution in [2.45, 2.75) is 18.8 Å². The molecule has 1 unspecified atom stereocenters. The summed E-state index contributed by atoms with van der Waals surface area (Å²) in [6, 6.07) is 13.7. The lowest BCUT2D eigenvalue weighted by atomic mass is 9.90. The monoisotopic (exact) mass is 410 g/mol. The lowest BCUT2D eigenvalue weighted by Crippen LogP contribution is -2.49. The number of ether oxygens (including phenoxy) is 3. The summed E-state index contributed by atoms with van der Waals surface area (Å²) in [5, 5.41) is 0. The highest BCUT2D eigenvalue weighted by atomic mass is 16.5. The van der Waals surface area contributed by atoms with Gasteiger partial charge in [0, 0.05) is 31.7 Å². The number of rotatable bonds is 6. The van der Waals surface area contributed by atoms with E-state index in [1.54, 1.807) is 32.4 Å². The van der Waals surface area contributed by atoms with E-state index in [-0.39, 0.29) is 5.91 Å². The molecule has 0 saturated carbocycles. The number of hydrogen-bond donors (Lipinski definition) is 0. The van der Waals surface area contributed by atoms with Gasteiger partial charge >= 0.3 is 0 Å². The summed E-state index contributed by atoms with van der Waals surface area (Å²) in [7, 11) is 3.18. The van der Waals surface area contributed by atoms with Gasteiger partial charge in [-0.25, -0.2) is 0 Å². The maximum atomic E-state index is 12.9. The zero-order valence-electron chi connectivity index (χ0n) is 17.8. The third-order valence-corrected chi connectivity index (χ3v) is 6.17. The van der Waals surface area contributed by atoms with Gasteiger partial charge in [-0.05, 0) is 55.1 Å². The third kappa shape index (κ3) is 4.38. The fourth-order valence-electron chi connectivity index (χ4n) is 4.38. The predicted octanol–water partition coefficient (Wildman–Crippen LogP) is 3.42. The number of amides is 1. The van der Waals surface area contributed by atoms with Crippen LogP contribution in [0.15, 0.2) is 42.5 Å². The highest BCUT2D eigenvalue weighted by molar-refractivity contribution is 5.95. The largest absolute Gasteiger partial charge is 0.493 e. The molecule has 30 heavy (non-hydrogen) atoms. The summed E-state index contributed by atoms with van der Waals surface area (Å²) in [4.78, 5) is 17.3. The Bertz CT molecular complexity index is 877.